The van der Waals surface area contributed by atoms with Crippen molar-refractivity contribution in [1.29, 1.82) is 0 Å². The molecule has 1 aromatic rings. The van der Waals surface area contributed by atoms with Crippen molar-refractivity contribution in [1.82, 2.24) is 4.90 Å². The smallest absolute Gasteiger partial charge is 0.242 e. The minimum Gasteiger partial charge on any atom is -0.360 e. The summed E-state index contributed by atoms with van der Waals surface area (Å²) in [6.45, 7) is 5.64. The summed E-state index contributed by atoms with van der Waals surface area (Å²) in [5, 5.41) is 0.592. The molecule has 1 fully saturated rings. The molecule has 0 spiro atoms. The van der Waals surface area contributed by atoms with Crippen LogP contribution in [0.3, 0.4) is 0 Å². The molecule has 3 nitrogen and oxygen atoms in total. The number of likely N-dealkylation sites (tertiary alicyclic amines) is 1. The number of thioether (sulfide) groups is 1. The lowest BCUT2D eigenvalue weighted by Gasteiger charge is -2.36. The van der Waals surface area contributed by atoms with Gasteiger partial charge in [-0.15, -0.1) is 11.8 Å². The summed E-state index contributed by atoms with van der Waals surface area (Å²) in [6.07, 6.45) is 4.74. The molecule has 1 aromatic carbocycles. The third kappa shape index (κ3) is 3.37. The number of fused-ring (bicyclic) bond motifs is 1. The van der Waals surface area contributed by atoms with Gasteiger partial charge in [0.2, 0.25) is 5.91 Å². The Morgan fingerprint density at radius 2 is 2.00 bits per heavy atom. The zero-order chi connectivity index (χ0) is 14.7. The zero-order valence-electron chi connectivity index (χ0n) is 12.8. The van der Waals surface area contributed by atoms with Gasteiger partial charge in [0.05, 0.1) is 12.2 Å². The molecule has 0 aromatic heterocycles. The number of amides is 1. The van der Waals surface area contributed by atoms with Crippen LogP contribution in [0.2, 0.25) is 0 Å². The molecule has 114 valence electrons. The Kier molecular flexibility index (Phi) is 4.73. The van der Waals surface area contributed by atoms with Crippen molar-refractivity contribution in [2.75, 3.05) is 31.1 Å². The van der Waals surface area contributed by atoms with Gasteiger partial charge in [-0.3, -0.25) is 4.79 Å². The molecule has 1 unspecified atom stereocenters. The predicted octanol–water partition coefficient (Wildman–Crippen LogP) is 3.39. The quantitative estimate of drug-likeness (QED) is 0.855. The predicted molar refractivity (Wildman–Crippen MR) is 89.0 cm³/mol. The van der Waals surface area contributed by atoms with Crippen LogP contribution < -0.4 is 4.90 Å². The van der Waals surface area contributed by atoms with E-state index in [2.05, 4.69) is 41.0 Å². The van der Waals surface area contributed by atoms with E-state index in [1.165, 1.54) is 17.0 Å². The van der Waals surface area contributed by atoms with Gasteiger partial charge in [-0.1, -0.05) is 19.1 Å². The molecule has 0 N–H and O–H groups in total. The molecule has 1 amide bonds. The first-order valence-electron chi connectivity index (χ1n) is 8.06. The minimum absolute atomic E-state index is 0.297. The van der Waals surface area contributed by atoms with Crippen molar-refractivity contribution >= 4 is 23.4 Å². The lowest BCUT2D eigenvalue weighted by atomic mass is 10.1. The molecule has 0 bridgehead atoms. The molecule has 0 radical (unpaired) electrons. The second-order valence-electron chi connectivity index (χ2n) is 5.94. The molecular weight excluding hydrogens is 280 g/mol. The SMILES string of the molecule is CCC1CN(CC(=O)N2CCCCC2)c2ccccc2S1. The largest absolute Gasteiger partial charge is 0.360 e. The maximum Gasteiger partial charge on any atom is 0.242 e. The average Bonchev–Trinajstić information content (AvgIpc) is 2.55. The Morgan fingerprint density at radius 1 is 1.24 bits per heavy atom. The zero-order valence-corrected chi connectivity index (χ0v) is 13.6. The third-order valence-corrected chi connectivity index (χ3v) is 5.83. The molecule has 4 heteroatoms. The van der Waals surface area contributed by atoms with Crippen LogP contribution in [0.4, 0.5) is 5.69 Å². The van der Waals surface area contributed by atoms with Gasteiger partial charge in [0.15, 0.2) is 0 Å². The molecule has 2 aliphatic heterocycles. The minimum atomic E-state index is 0.297. The van der Waals surface area contributed by atoms with Crippen molar-refractivity contribution in [3.8, 4) is 0 Å². The summed E-state index contributed by atoms with van der Waals surface area (Å²) in [5.74, 6) is 0.297. The van der Waals surface area contributed by atoms with Gasteiger partial charge in [-0.2, -0.15) is 0 Å². The van der Waals surface area contributed by atoms with E-state index in [-0.39, 0.29) is 0 Å². The van der Waals surface area contributed by atoms with Crippen LogP contribution in [0.25, 0.3) is 0 Å². The molecule has 3 rings (SSSR count). The van der Waals surface area contributed by atoms with Gasteiger partial charge in [0, 0.05) is 29.8 Å². The Balaban J connectivity index is 1.73. The summed E-state index contributed by atoms with van der Waals surface area (Å²) >= 11 is 1.96. The van der Waals surface area contributed by atoms with E-state index in [9.17, 15) is 4.79 Å². The monoisotopic (exact) mass is 304 g/mol. The number of benzene rings is 1. The molecule has 1 saturated heterocycles. The number of anilines is 1. The highest BCUT2D eigenvalue weighted by Gasteiger charge is 2.27. The first-order chi connectivity index (χ1) is 10.3. The summed E-state index contributed by atoms with van der Waals surface area (Å²) in [7, 11) is 0. The maximum absolute atomic E-state index is 12.5. The molecule has 2 aliphatic rings. The first-order valence-corrected chi connectivity index (χ1v) is 8.94. The van der Waals surface area contributed by atoms with Crippen molar-refractivity contribution < 1.29 is 4.79 Å². The van der Waals surface area contributed by atoms with Crippen LogP contribution in [0.1, 0.15) is 32.6 Å². The van der Waals surface area contributed by atoms with Crippen molar-refractivity contribution in [3.05, 3.63) is 24.3 Å². The molecule has 21 heavy (non-hydrogen) atoms. The number of carbonyl (C=O) groups is 1. The van der Waals surface area contributed by atoms with Crippen LogP contribution in [0, 0.1) is 0 Å². The Hall–Kier alpha value is -1.16. The second kappa shape index (κ2) is 6.73. The summed E-state index contributed by atoms with van der Waals surface area (Å²) < 4.78 is 0. The van der Waals surface area contributed by atoms with Gasteiger partial charge < -0.3 is 9.80 Å². The van der Waals surface area contributed by atoms with Gasteiger partial charge >= 0.3 is 0 Å². The number of carbonyl (C=O) groups excluding carboxylic acids is 1. The highest BCUT2D eigenvalue weighted by atomic mass is 32.2. The van der Waals surface area contributed by atoms with Crippen LogP contribution >= 0.6 is 11.8 Å². The highest BCUT2D eigenvalue weighted by Crippen LogP contribution is 2.39. The average molecular weight is 304 g/mol. The van der Waals surface area contributed by atoms with Gasteiger partial charge in [0.1, 0.15) is 0 Å². The van der Waals surface area contributed by atoms with Crippen molar-refractivity contribution in [2.24, 2.45) is 0 Å². The highest BCUT2D eigenvalue weighted by molar-refractivity contribution is 8.00. The van der Waals surface area contributed by atoms with Crippen LogP contribution in [0.15, 0.2) is 29.2 Å². The molecule has 0 saturated carbocycles. The van der Waals surface area contributed by atoms with Gasteiger partial charge in [-0.25, -0.2) is 0 Å². The van der Waals surface area contributed by atoms with Crippen LogP contribution in [0.5, 0.6) is 0 Å². The van der Waals surface area contributed by atoms with E-state index in [0.29, 0.717) is 17.7 Å². The van der Waals surface area contributed by atoms with E-state index in [1.807, 2.05) is 11.8 Å². The lowest BCUT2D eigenvalue weighted by Crippen LogP contribution is -2.45. The second-order valence-corrected chi connectivity index (χ2v) is 7.28. The fourth-order valence-corrected chi connectivity index (χ4v) is 4.40. The Morgan fingerprint density at radius 3 is 2.76 bits per heavy atom. The first kappa shape index (κ1) is 14.8. The Bertz CT molecular complexity index is 499. The number of piperidine rings is 1. The van der Waals surface area contributed by atoms with E-state index in [0.717, 1.165) is 38.9 Å². The van der Waals surface area contributed by atoms with E-state index < -0.39 is 0 Å². The van der Waals surface area contributed by atoms with E-state index >= 15 is 0 Å². The summed E-state index contributed by atoms with van der Waals surface area (Å²) in [4.78, 5) is 18.2. The number of hydrogen-bond acceptors (Lipinski definition) is 3. The molecule has 2 heterocycles. The Labute approximate surface area is 131 Å². The maximum atomic E-state index is 12.5. The van der Waals surface area contributed by atoms with Gasteiger partial charge in [-0.05, 0) is 37.8 Å². The van der Waals surface area contributed by atoms with Crippen LogP contribution in [-0.2, 0) is 4.79 Å². The molecule has 0 aliphatic carbocycles. The van der Waals surface area contributed by atoms with Crippen LogP contribution in [-0.4, -0.2) is 42.2 Å². The number of para-hydroxylation sites is 1. The summed E-state index contributed by atoms with van der Waals surface area (Å²) in [6, 6.07) is 8.50. The number of rotatable bonds is 3. The molecule has 1 atom stereocenters. The topological polar surface area (TPSA) is 23.6 Å². The van der Waals surface area contributed by atoms with E-state index in [1.54, 1.807) is 0 Å². The lowest BCUT2D eigenvalue weighted by molar-refractivity contribution is -0.130. The normalized spacial score (nSPS) is 22.0. The number of nitrogens with zero attached hydrogens (tertiary/aromatic N) is 2. The fourth-order valence-electron chi connectivity index (χ4n) is 3.15. The van der Waals surface area contributed by atoms with Crippen molar-refractivity contribution in [3.63, 3.8) is 0 Å². The standard InChI is InChI=1S/C17H24N2OS/c1-2-14-12-19(15-8-4-5-9-16(15)21-14)13-17(20)18-10-6-3-7-11-18/h4-5,8-9,14H,2-3,6-7,10-13H2,1H3. The summed E-state index contributed by atoms with van der Waals surface area (Å²) in [5.41, 5.74) is 1.23. The fraction of sp³-hybridized carbons (Fsp3) is 0.588. The van der Waals surface area contributed by atoms with Gasteiger partial charge in [0.25, 0.3) is 0 Å². The van der Waals surface area contributed by atoms with Crippen molar-refractivity contribution in [2.45, 2.75) is 42.8 Å². The number of hydrogen-bond donors (Lipinski definition) is 0. The molecular formula is C17H24N2OS. The third-order valence-electron chi connectivity index (χ3n) is 4.41. The van der Waals surface area contributed by atoms with E-state index in [4.69, 9.17) is 0 Å².